The van der Waals surface area contributed by atoms with Gasteiger partial charge in [0.25, 0.3) is 0 Å². The van der Waals surface area contributed by atoms with Crippen molar-refractivity contribution in [3.63, 3.8) is 0 Å². The summed E-state index contributed by atoms with van der Waals surface area (Å²) in [5.74, 6) is -0.962. The van der Waals surface area contributed by atoms with Crippen molar-refractivity contribution in [3.05, 3.63) is 60.2 Å². The van der Waals surface area contributed by atoms with Crippen LogP contribution in [-0.2, 0) is 9.47 Å². The van der Waals surface area contributed by atoms with E-state index in [1.807, 2.05) is 13.0 Å². The predicted molar refractivity (Wildman–Crippen MR) is 102 cm³/mol. The second-order valence-electron chi connectivity index (χ2n) is 6.39. The molecule has 28 heavy (non-hydrogen) atoms. The largest absolute Gasteiger partial charge is 0.449 e. The summed E-state index contributed by atoms with van der Waals surface area (Å²) in [5.41, 5.74) is 1.42. The van der Waals surface area contributed by atoms with Crippen molar-refractivity contribution in [1.82, 2.24) is 0 Å². The Morgan fingerprint density at radius 3 is 2.32 bits per heavy atom. The van der Waals surface area contributed by atoms with Crippen LogP contribution < -0.4 is 0 Å². The lowest BCUT2D eigenvalue weighted by molar-refractivity contribution is -0.206. The Bertz CT molecular complexity index is 729. The Morgan fingerprint density at radius 1 is 0.964 bits per heavy atom. The van der Waals surface area contributed by atoms with E-state index >= 15 is 0 Å². The summed E-state index contributed by atoms with van der Waals surface area (Å²) in [6.45, 7) is 2.98. The summed E-state index contributed by atoms with van der Waals surface area (Å²) in [5, 5.41) is 0. The zero-order valence-electron chi connectivity index (χ0n) is 15.9. The molecule has 0 saturated carbocycles. The zero-order valence-corrected chi connectivity index (χ0v) is 15.9. The van der Waals surface area contributed by atoms with Gasteiger partial charge in [0.05, 0.1) is 5.56 Å². The molecule has 0 saturated heterocycles. The molecule has 0 bridgehead atoms. The first-order chi connectivity index (χ1) is 13.4. The first-order valence-electron chi connectivity index (χ1n) is 9.43. The van der Waals surface area contributed by atoms with Crippen molar-refractivity contribution >= 4 is 5.97 Å². The number of alkyl halides is 3. The lowest BCUT2D eigenvalue weighted by Crippen LogP contribution is -2.34. The van der Waals surface area contributed by atoms with Gasteiger partial charge in [0.1, 0.15) is 0 Å². The maximum Gasteiger partial charge on any atom is 0.425 e. The van der Waals surface area contributed by atoms with Crippen molar-refractivity contribution in [2.24, 2.45) is 0 Å². The van der Waals surface area contributed by atoms with E-state index in [4.69, 9.17) is 9.47 Å². The topological polar surface area (TPSA) is 35.5 Å². The van der Waals surface area contributed by atoms with E-state index in [0.29, 0.717) is 38.0 Å². The van der Waals surface area contributed by atoms with Crippen molar-refractivity contribution < 1.29 is 27.4 Å². The highest BCUT2D eigenvalue weighted by Gasteiger charge is 2.42. The zero-order chi connectivity index (χ0) is 20.4. The second-order valence-corrected chi connectivity index (χ2v) is 6.39. The minimum absolute atomic E-state index is 0.124. The average Bonchev–Trinajstić information content (AvgIpc) is 2.69. The van der Waals surface area contributed by atoms with Gasteiger partial charge >= 0.3 is 12.1 Å². The molecule has 0 spiro atoms. The Labute approximate surface area is 163 Å². The second kappa shape index (κ2) is 10.9. The Hall–Kier alpha value is -2.34. The third-order valence-electron chi connectivity index (χ3n) is 4.31. The molecular weight excluding hydrogens is 369 g/mol. The number of esters is 1. The molecule has 6 heteroatoms. The van der Waals surface area contributed by atoms with E-state index < -0.39 is 18.2 Å². The van der Waals surface area contributed by atoms with Gasteiger partial charge in [-0.2, -0.15) is 13.2 Å². The number of ether oxygens (including phenoxy) is 2. The van der Waals surface area contributed by atoms with Gasteiger partial charge in [0, 0.05) is 13.2 Å². The van der Waals surface area contributed by atoms with E-state index in [2.05, 4.69) is 0 Å². The van der Waals surface area contributed by atoms with Crippen LogP contribution in [0.3, 0.4) is 0 Å². The Morgan fingerprint density at radius 2 is 1.64 bits per heavy atom. The first-order valence-corrected chi connectivity index (χ1v) is 9.43. The number of rotatable bonds is 10. The highest BCUT2D eigenvalue weighted by Crippen LogP contribution is 2.30. The minimum atomic E-state index is -4.60. The highest BCUT2D eigenvalue weighted by molar-refractivity contribution is 5.97. The maximum atomic E-state index is 13.3. The van der Waals surface area contributed by atoms with Gasteiger partial charge in [0.15, 0.2) is 6.10 Å². The molecule has 0 heterocycles. The number of carbonyl (C=O) groups excluding carboxylic acids is 1. The van der Waals surface area contributed by atoms with Crippen LogP contribution in [0.15, 0.2) is 54.6 Å². The predicted octanol–water partition coefficient (Wildman–Crippen LogP) is 6.04. The van der Waals surface area contributed by atoms with Gasteiger partial charge < -0.3 is 9.47 Å². The lowest BCUT2D eigenvalue weighted by atomic mass is 10.00. The molecule has 0 radical (unpaired) electrons. The molecule has 3 nitrogen and oxygen atoms in total. The van der Waals surface area contributed by atoms with Crippen LogP contribution in [0.25, 0.3) is 11.1 Å². The Kier molecular flexibility index (Phi) is 8.51. The fourth-order valence-electron chi connectivity index (χ4n) is 2.87. The summed E-state index contributed by atoms with van der Waals surface area (Å²) < 4.78 is 50.1. The molecule has 1 atom stereocenters. The van der Waals surface area contributed by atoms with Gasteiger partial charge in [-0.15, -0.1) is 0 Å². The number of halogens is 3. The van der Waals surface area contributed by atoms with Crippen molar-refractivity contribution in [3.8, 4) is 11.1 Å². The summed E-state index contributed by atoms with van der Waals surface area (Å²) in [6.07, 6.45) is -5.39. The average molecular weight is 394 g/mol. The smallest absolute Gasteiger partial charge is 0.425 e. The quantitative estimate of drug-likeness (QED) is 0.364. The van der Waals surface area contributed by atoms with Crippen LogP contribution >= 0.6 is 0 Å². The van der Waals surface area contributed by atoms with Crippen LogP contribution in [0, 0.1) is 0 Å². The van der Waals surface area contributed by atoms with Crippen LogP contribution in [-0.4, -0.2) is 31.5 Å². The van der Waals surface area contributed by atoms with E-state index in [1.165, 1.54) is 6.07 Å². The van der Waals surface area contributed by atoms with Crippen molar-refractivity contribution in [2.75, 3.05) is 13.2 Å². The monoisotopic (exact) mass is 394 g/mol. The molecule has 0 aliphatic heterocycles. The maximum absolute atomic E-state index is 13.3. The van der Waals surface area contributed by atoms with E-state index in [-0.39, 0.29) is 12.0 Å². The lowest BCUT2D eigenvalue weighted by Gasteiger charge is -2.21. The molecule has 0 aliphatic carbocycles. The molecule has 2 aromatic rings. The number of benzene rings is 2. The number of hydrogen-bond donors (Lipinski definition) is 0. The number of unbranched alkanes of at least 4 members (excludes halogenated alkanes) is 2. The molecule has 0 amide bonds. The number of hydrogen-bond acceptors (Lipinski definition) is 3. The standard InChI is InChI=1S/C22H25F3O3/c1-2-27-16-10-4-7-15-20(22(23,24)25)28-21(26)19-14-9-8-13-18(19)17-11-5-3-6-12-17/h3,5-6,8-9,11-14,20H,2,4,7,10,15-16H2,1H3. The fraction of sp³-hybridized carbons (Fsp3) is 0.409. The van der Waals surface area contributed by atoms with Gasteiger partial charge in [-0.3, -0.25) is 0 Å². The summed E-state index contributed by atoms with van der Waals surface area (Å²) in [6, 6.07) is 15.6. The molecular formula is C22H25F3O3. The molecule has 1 unspecified atom stereocenters. The third-order valence-corrected chi connectivity index (χ3v) is 4.31. The third kappa shape index (κ3) is 6.68. The Balaban J connectivity index is 2.06. The van der Waals surface area contributed by atoms with Crippen LogP contribution in [0.5, 0.6) is 0 Å². The van der Waals surface area contributed by atoms with Gasteiger partial charge in [0.2, 0.25) is 0 Å². The van der Waals surface area contributed by atoms with Crippen LogP contribution in [0.2, 0.25) is 0 Å². The molecule has 0 fully saturated rings. The summed E-state index contributed by atoms with van der Waals surface area (Å²) >= 11 is 0. The highest BCUT2D eigenvalue weighted by atomic mass is 19.4. The molecule has 0 aromatic heterocycles. The first kappa shape index (κ1) is 22.0. The molecule has 2 aromatic carbocycles. The van der Waals surface area contributed by atoms with E-state index in [0.717, 1.165) is 5.56 Å². The molecule has 2 rings (SSSR count). The number of carbonyl (C=O) groups is 1. The van der Waals surface area contributed by atoms with Crippen molar-refractivity contribution in [1.29, 1.82) is 0 Å². The molecule has 0 N–H and O–H groups in total. The molecule has 0 aliphatic rings. The van der Waals surface area contributed by atoms with Gasteiger partial charge in [-0.05, 0) is 43.4 Å². The minimum Gasteiger partial charge on any atom is -0.449 e. The molecule has 152 valence electrons. The van der Waals surface area contributed by atoms with Crippen LogP contribution in [0.4, 0.5) is 13.2 Å². The van der Waals surface area contributed by atoms with E-state index in [9.17, 15) is 18.0 Å². The van der Waals surface area contributed by atoms with E-state index in [1.54, 1.807) is 42.5 Å². The normalized spacial score (nSPS) is 12.6. The van der Waals surface area contributed by atoms with Crippen LogP contribution in [0.1, 0.15) is 43.0 Å². The van der Waals surface area contributed by atoms with Gasteiger partial charge in [-0.1, -0.05) is 55.0 Å². The van der Waals surface area contributed by atoms with Gasteiger partial charge in [-0.25, -0.2) is 4.79 Å². The fourth-order valence-corrected chi connectivity index (χ4v) is 2.87. The SMILES string of the molecule is CCOCCCCCC(OC(=O)c1ccccc1-c1ccccc1)C(F)(F)F. The summed E-state index contributed by atoms with van der Waals surface area (Å²) in [7, 11) is 0. The summed E-state index contributed by atoms with van der Waals surface area (Å²) in [4.78, 5) is 12.5. The van der Waals surface area contributed by atoms with Crippen molar-refractivity contribution in [2.45, 2.75) is 44.9 Å².